The number of piperazine rings is 1. The van der Waals surface area contributed by atoms with Gasteiger partial charge in [0, 0.05) is 38.7 Å². The van der Waals surface area contributed by atoms with Crippen molar-refractivity contribution in [3.8, 4) is 5.69 Å². The zero-order valence-electron chi connectivity index (χ0n) is 19.0. The van der Waals surface area contributed by atoms with Crippen LogP contribution >= 0.6 is 0 Å². The summed E-state index contributed by atoms with van der Waals surface area (Å²) in [6.07, 6.45) is 3.06. The van der Waals surface area contributed by atoms with Gasteiger partial charge in [0.05, 0.1) is 16.6 Å². The van der Waals surface area contributed by atoms with E-state index in [0.717, 1.165) is 11.3 Å². The quantitative estimate of drug-likeness (QED) is 0.570. The van der Waals surface area contributed by atoms with Gasteiger partial charge in [0.15, 0.2) is 0 Å². The second kappa shape index (κ2) is 9.74. The van der Waals surface area contributed by atoms with Crippen molar-refractivity contribution in [2.75, 3.05) is 26.2 Å². The molecule has 1 fully saturated rings. The van der Waals surface area contributed by atoms with E-state index in [1.165, 1.54) is 29.7 Å². The van der Waals surface area contributed by atoms with Gasteiger partial charge < -0.3 is 10.2 Å². The first-order valence-electron chi connectivity index (χ1n) is 10.9. The number of sulfonamides is 1. The molecule has 1 aliphatic rings. The molecule has 1 aliphatic heterocycles. The lowest BCUT2D eigenvalue weighted by Crippen LogP contribution is -2.49. The van der Waals surface area contributed by atoms with Crippen molar-refractivity contribution >= 4 is 21.8 Å². The number of benzene rings is 2. The van der Waals surface area contributed by atoms with Crippen LogP contribution in [0, 0.1) is 0 Å². The first-order chi connectivity index (χ1) is 16.3. The lowest BCUT2D eigenvalue weighted by atomic mass is 10.1. The van der Waals surface area contributed by atoms with Crippen molar-refractivity contribution < 1.29 is 18.0 Å². The molecule has 0 saturated carbocycles. The van der Waals surface area contributed by atoms with E-state index in [1.807, 2.05) is 31.2 Å². The Morgan fingerprint density at radius 2 is 1.74 bits per heavy atom. The molecule has 0 spiro atoms. The van der Waals surface area contributed by atoms with Crippen molar-refractivity contribution in [3.05, 3.63) is 72.3 Å². The average Bonchev–Trinajstić information content (AvgIpc) is 3.39. The fraction of sp³-hybridized carbons (Fsp3) is 0.304. The van der Waals surface area contributed by atoms with Crippen LogP contribution in [0.1, 0.15) is 35.8 Å². The van der Waals surface area contributed by atoms with E-state index in [2.05, 4.69) is 15.4 Å². The zero-order valence-corrected chi connectivity index (χ0v) is 19.8. The number of rotatable bonds is 6. The van der Waals surface area contributed by atoms with E-state index in [0.29, 0.717) is 13.1 Å². The van der Waals surface area contributed by atoms with Gasteiger partial charge in [0.1, 0.15) is 12.7 Å². The number of nitrogens with zero attached hydrogens (tertiary/aromatic N) is 5. The maximum atomic E-state index is 13.1. The first-order valence-corrected chi connectivity index (χ1v) is 12.3. The Labute approximate surface area is 198 Å². The van der Waals surface area contributed by atoms with Crippen LogP contribution in [0.15, 0.2) is 66.1 Å². The van der Waals surface area contributed by atoms with Crippen LogP contribution < -0.4 is 5.32 Å². The van der Waals surface area contributed by atoms with Crippen LogP contribution in [0.4, 0.5) is 0 Å². The molecule has 1 atom stereocenters. The molecule has 178 valence electrons. The summed E-state index contributed by atoms with van der Waals surface area (Å²) in [5.74, 6) is -0.441. The maximum absolute atomic E-state index is 13.1. The minimum atomic E-state index is -3.77. The molecule has 10 nitrogen and oxygen atoms in total. The third-order valence-corrected chi connectivity index (χ3v) is 7.74. The van der Waals surface area contributed by atoms with Crippen LogP contribution in [-0.4, -0.2) is 70.4 Å². The average molecular weight is 483 g/mol. The number of amides is 2. The molecule has 0 aliphatic carbocycles. The minimum Gasteiger partial charge on any atom is -0.346 e. The first kappa shape index (κ1) is 23.6. The molecule has 34 heavy (non-hydrogen) atoms. The van der Waals surface area contributed by atoms with Gasteiger partial charge in [-0.2, -0.15) is 9.40 Å². The molecule has 3 aromatic rings. The molecule has 1 saturated heterocycles. The summed E-state index contributed by atoms with van der Waals surface area (Å²) < 4.78 is 29.2. The Balaban J connectivity index is 1.44. The van der Waals surface area contributed by atoms with Gasteiger partial charge in [-0.15, -0.1) is 0 Å². The molecule has 4 rings (SSSR count). The standard InChI is InChI=1S/C23H26N6O4S/c1-17(19-6-8-21(9-7-19)29-16-24-15-25-29)26-23(31)20-4-3-5-22(14-20)34(32,33)28-12-10-27(11-13-28)18(2)30/h3-9,14-17H,10-13H2,1-2H3,(H,26,31). The van der Waals surface area contributed by atoms with Gasteiger partial charge in [-0.25, -0.2) is 18.1 Å². The number of carbonyl (C=O) groups is 2. The van der Waals surface area contributed by atoms with Crippen molar-refractivity contribution in [3.63, 3.8) is 0 Å². The fourth-order valence-electron chi connectivity index (χ4n) is 3.81. The van der Waals surface area contributed by atoms with E-state index in [1.54, 1.807) is 28.0 Å². The van der Waals surface area contributed by atoms with Crippen LogP contribution in [-0.2, 0) is 14.8 Å². The molecule has 2 heterocycles. The molecule has 0 radical (unpaired) electrons. The zero-order chi connectivity index (χ0) is 24.3. The predicted octanol–water partition coefficient (Wildman–Crippen LogP) is 1.61. The summed E-state index contributed by atoms with van der Waals surface area (Å²) in [7, 11) is -3.77. The maximum Gasteiger partial charge on any atom is 0.251 e. The van der Waals surface area contributed by atoms with E-state index >= 15 is 0 Å². The van der Waals surface area contributed by atoms with Crippen molar-refractivity contribution in [1.29, 1.82) is 0 Å². The summed E-state index contributed by atoms with van der Waals surface area (Å²) in [6, 6.07) is 13.3. The number of hydrogen-bond donors (Lipinski definition) is 1. The summed E-state index contributed by atoms with van der Waals surface area (Å²) >= 11 is 0. The van der Waals surface area contributed by atoms with E-state index in [9.17, 15) is 18.0 Å². The lowest BCUT2D eigenvalue weighted by molar-refractivity contribution is -0.129. The number of nitrogens with one attached hydrogen (secondary N) is 1. The van der Waals surface area contributed by atoms with Gasteiger partial charge in [-0.3, -0.25) is 9.59 Å². The van der Waals surface area contributed by atoms with E-state index in [-0.39, 0.29) is 41.4 Å². The second-order valence-electron chi connectivity index (χ2n) is 8.06. The summed E-state index contributed by atoms with van der Waals surface area (Å²) in [5.41, 5.74) is 2.00. The van der Waals surface area contributed by atoms with E-state index < -0.39 is 10.0 Å². The Morgan fingerprint density at radius 1 is 1.03 bits per heavy atom. The molecule has 1 aromatic heterocycles. The van der Waals surface area contributed by atoms with Crippen molar-refractivity contribution in [2.24, 2.45) is 0 Å². The summed E-state index contributed by atoms with van der Waals surface area (Å²) in [5, 5.41) is 7.00. The van der Waals surface area contributed by atoms with Gasteiger partial charge in [0.25, 0.3) is 5.91 Å². The topological polar surface area (TPSA) is 118 Å². The van der Waals surface area contributed by atoms with Gasteiger partial charge in [-0.05, 0) is 42.8 Å². The van der Waals surface area contributed by atoms with Gasteiger partial charge in [0.2, 0.25) is 15.9 Å². The fourth-order valence-corrected chi connectivity index (χ4v) is 5.28. The Bertz CT molecular complexity index is 1270. The largest absolute Gasteiger partial charge is 0.346 e. The highest BCUT2D eigenvalue weighted by Gasteiger charge is 2.29. The van der Waals surface area contributed by atoms with Gasteiger partial charge in [-0.1, -0.05) is 18.2 Å². The van der Waals surface area contributed by atoms with Crippen LogP contribution in [0.5, 0.6) is 0 Å². The summed E-state index contributed by atoms with van der Waals surface area (Å²) in [4.78, 5) is 30.0. The highest BCUT2D eigenvalue weighted by atomic mass is 32.2. The van der Waals surface area contributed by atoms with Gasteiger partial charge >= 0.3 is 0 Å². The third-order valence-electron chi connectivity index (χ3n) is 5.84. The van der Waals surface area contributed by atoms with Crippen LogP contribution in [0.3, 0.4) is 0 Å². The second-order valence-corrected chi connectivity index (χ2v) is 10.0. The molecule has 1 N–H and O–H groups in total. The molecule has 2 amide bonds. The normalized spacial score (nSPS) is 15.6. The number of carbonyl (C=O) groups excluding carboxylic acids is 2. The number of aromatic nitrogens is 3. The van der Waals surface area contributed by atoms with Crippen LogP contribution in [0.2, 0.25) is 0 Å². The smallest absolute Gasteiger partial charge is 0.251 e. The SMILES string of the molecule is CC(=O)N1CCN(S(=O)(=O)c2cccc(C(=O)NC(C)c3ccc(-n4cncn4)cc3)c2)CC1. The molecular weight excluding hydrogens is 456 g/mol. The Kier molecular flexibility index (Phi) is 6.75. The number of hydrogen-bond acceptors (Lipinski definition) is 6. The Hall–Kier alpha value is -3.57. The third kappa shape index (κ3) is 5.00. The highest BCUT2D eigenvalue weighted by Crippen LogP contribution is 2.20. The van der Waals surface area contributed by atoms with Crippen molar-refractivity contribution in [2.45, 2.75) is 24.8 Å². The minimum absolute atomic E-state index is 0.0567. The molecule has 0 bridgehead atoms. The molecule has 1 unspecified atom stereocenters. The lowest BCUT2D eigenvalue weighted by Gasteiger charge is -2.33. The molecule has 2 aromatic carbocycles. The van der Waals surface area contributed by atoms with Crippen LogP contribution in [0.25, 0.3) is 5.69 Å². The van der Waals surface area contributed by atoms with Crippen molar-refractivity contribution in [1.82, 2.24) is 29.3 Å². The molecular formula is C23H26N6O4S. The monoisotopic (exact) mass is 482 g/mol. The van der Waals surface area contributed by atoms with E-state index in [4.69, 9.17) is 0 Å². The summed E-state index contributed by atoms with van der Waals surface area (Å²) in [6.45, 7) is 4.47. The highest BCUT2D eigenvalue weighted by molar-refractivity contribution is 7.89. The molecule has 11 heteroatoms. The Morgan fingerprint density at radius 3 is 2.35 bits per heavy atom. The predicted molar refractivity (Wildman–Crippen MR) is 125 cm³/mol.